The highest BCUT2D eigenvalue weighted by molar-refractivity contribution is 7.99. The van der Waals surface area contributed by atoms with Crippen LogP contribution >= 0.6 is 23.1 Å². The Bertz CT molecular complexity index is 989. The highest BCUT2D eigenvalue weighted by Crippen LogP contribution is 2.26. The van der Waals surface area contributed by atoms with E-state index in [1.807, 2.05) is 46.4 Å². The Hall–Kier alpha value is -2.80. The van der Waals surface area contributed by atoms with Gasteiger partial charge < -0.3 is 9.40 Å². The van der Waals surface area contributed by atoms with Crippen LogP contribution in [0.25, 0.3) is 17.1 Å². The predicted octanol–water partition coefficient (Wildman–Crippen LogP) is 3.22. The third-order valence-corrected chi connectivity index (χ3v) is 5.47. The zero-order valence-electron chi connectivity index (χ0n) is 13.8. The van der Waals surface area contributed by atoms with Crippen LogP contribution in [0.1, 0.15) is 11.1 Å². The summed E-state index contributed by atoms with van der Waals surface area (Å²) in [6, 6.07) is 11.5. The number of rotatable bonds is 5. The molecule has 1 aliphatic heterocycles. The minimum Gasteiger partial charge on any atom is -0.387 e. The fraction of sp³-hybridized carbons (Fsp3) is 0.118. The standard InChI is InChI=1S/C17H14N6OS2/c1-22-16(14-5-6-25-10-14)19-20-17(22)26-11-23-9-15(24-21-23)13-4-2-3-12(7-13)8-18/h2-7,9-10,21H,11H2,1H3. The van der Waals surface area contributed by atoms with Crippen LogP contribution in [0.5, 0.6) is 0 Å². The molecule has 26 heavy (non-hydrogen) atoms. The molecule has 0 saturated heterocycles. The second-order valence-corrected chi connectivity index (χ2v) is 7.19. The normalized spacial score (nSPS) is 13.4. The van der Waals surface area contributed by atoms with Crippen molar-refractivity contribution in [1.29, 1.82) is 5.26 Å². The van der Waals surface area contributed by atoms with E-state index in [1.54, 1.807) is 35.2 Å². The van der Waals surface area contributed by atoms with Crippen molar-refractivity contribution in [2.75, 3.05) is 5.88 Å². The quantitative estimate of drug-likeness (QED) is 0.679. The molecule has 0 unspecified atom stereocenters. The molecule has 0 bridgehead atoms. The van der Waals surface area contributed by atoms with Gasteiger partial charge >= 0.3 is 0 Å². The van der Waals surface area contributed by atoms with E-state index in [9.17, 15) is 0 Å². The lowest BCUT2D eigenvalue weighted by molar-refractivity contribution is 0.0607. The topological polar surface area (TPSA) is 79.0 Å². The van der Waals surface area contributed by atoms with Crippen molar-refractivity contribution in [1.82, 2.24) is 25.4 Å². The molecular weight excluding hydrogens is 368 g/mol. The van der Waals surface area contributed by atoms with Crippen LogP contribution in [0.3, 0.4) is 0 Å². The molecule has 9 heteroatoms. The molecule has 0 atom stereocenters. The number of hydrazine groups is 1. The van der Waals surface area contributed by atoms with Gasteiger partial charge in [0.05, 0.1) is 23.7 Å². The van der Waals surface area contributed by atoms with Crippen LogP contribution in [0.2, 0.25) is 0 Å². The number of thiophene rings is 1. The highest BCUT2D eigenvalue weighted by atomic mass is 32.2. The van der Waals surface area contributed by atoms with Crippen molar-refractivity contribution < 1.29 is 4.84 Å². The summed E-state index contributed by atoms with van der Waals surface area (Å²) in [5.74, 6) is 2.11. The lowest BCUT2D eigenvalue weighted by atomic mass is 10.1. The molecule has 0 aliphatic carbocycles. The zero-order chi connectivity index (χ0) is 17.9. The van der Waals surface area contributed by atoms with Gasteiger partial charge in [0.25, 0.3) is 0 Å². The Morgan fingerprint density at radius 3 is 3.04 bits per heavy atom. The van der Waals surface area contributed by atoms with Crippen LogP contribution in [0, 0.1) is 11.3 Å². The summed E-state index contributed by atoms with van der Waals surface area (Å²) < 4.78 is 1.98. The fourth-order valence-electron chi connectivity index (χ4n) is 2.45. The summed E-state index contributed by atoms with van der Waals surface area (Å²) in [5.41, 5.74) is 5.36. The van der Waals surface area contributed by atoms with Crippen LogP contribution in [-0.4, -0.2) is 25.7 Å². The molecule has 1 N–H and O–H groups in total. The number of nitriles is 1. The SMILES string of the molecule is Cn1c(SCN2C=C(c3cccc(C#N)c3)ON2)nnc1-c1ccsc1. The lowest BCUT2D eigenvalue weighted by Crippen LogP contribution is -2.27. The maximum atomic E-state index is 9.01. The molecule has 0 amide bonds. The van der Waals surface area contributed by atoms with Crippen LogP contribution in [-0.2, 0) is 11.9 Å². The van der Waals surface area contributed by atoms with Crippen molar-refractivity contribution in [3.8, 4) is 17.5 Å². The Morgan fingerprint density at radius 1 is 1.31 bits per heavy atom. The summed E-state index contributed by atoms with van der Waals surface area (Å²) in [6.07, 6.45) is 1.86. The molecule has 1 aliphatic rings. The van der Waals surface area contributed by atoms with Crippen molar-refractivity contribution >= 4 is 28.9 Å². The number of hydrogen-bond acceptors (Lipinski definition) is 8. The molecule has 130 valence electrons. The summed E-state index contributed by atoms with van der Waals surface area (Å²) in [6.45, 7) is 0. The van der Waals surface area contributed by atoms with Gasteiger partial charge in [0.1, 0.15) is 0 Å². The molecule has 4 rings (SSSR count). The Balaban J connectivity index is 1.43. The molecule has 7 nitrogen and oxygen atoms in total. The van der Waals surface area contributed by atoms with Crippen LogP contribution < -0.4 is 5.59 Å². The average molecular weight is 382 g/mol. The van der Waals surface area contributed by atoms with E-state index < -0.39 is 0 Å². The predicted molar refractivity (Wildman–Crippen MR) is 100 cm³/mol. The Labute approximate surface area is 158 Å². The van der Waals surface area contributed by atoms with Gasteiger partial charge in [-0.25, -0.2) is 0 Å². The first-order valence-corrected chi connectivity index (χ1v) is 9.63. The molecule has 0 spiro atoms. The van der Waals surface area contributed by atoms with E-state index in [0.29, 0.717) is 17.2 Å². The molecule has 0 radical (unpaired) electrons. The van der Waals surface area contributed by atoms with E-state index in [1.165, 1.54) is 0 Å². The smallest absolute Gasteiger partial charge is 0.193 e. The van der Waals surface area contributed by atoms with Crippen LogP contribution in [0.15, 0.2) is 52.4 Å². The molecule has 3 heterocycles. The van der Waals surface area contributed by atoms with E-state index in [4.69, 9.17) is 10.1 Å². The summed E-state index contributed by atoms with van der Waals surface area (Å²) in [7, 11) is 1.96. The minimum atomic E-state index is 0.594. The largest absolute Gasteiger partial charge is 0.387 e. The van der Waals surface area contributed by atoms with Gasteiger partial charge in [0, 0.05) is 23.6 Å². The molecule has 0 fully saturated rings. The maximum absolute atomic E-state index is 9.01. The van der Waals surface area contributed by atoms with Gasteiger partial charge in [-0.05, 0) is 23.6 Å². The first-order chi connectivity index (χ1) is 12.7. The van der Waals surface area contributed by atoms with Gasteiger partial charge in [-0.1, -0.05) is 29.5 Å². The third-order valence-electron chi connectivity index (χ3n) is 3.77. The van der Waals surface area contributed by atoms with Crippen molar-refractivity contribution in [3.63, 3.8) is 0 Å². The number of benzene rings is 1. The first-order valence-electron chi connectivity index (χ1n) is 7.71. The molecule has 3 aromatic rings. The van der Waals surface area contributed by atoms with E-state index in [2.05, 4.69) is 27.2 Å². The number of hydrogen-bond donors (Lipinski definition) is 1. The highest BCUT2D eigenvalue weighted by Gasteiger charge is 2.18. The third kappa shape index (κ3) is 3.30. The first kappa shape index (κ1) is 16.7. The monoisotopic (exact) mass is 382 g/mol. The Morgan fingerprint density at radius 2 is 2.23 bits per heavy atom. The van der Waals surface area contributed by atoms with Crippen LogP contribution in [0.4, 0.5) is 0 Å². The number of nitrogens with one attached hydrogen (secondary N) is 1. The van der Waals surface area contributed by atoms with Gasteiger partial charge in [0.2, 0.25) is 0 Å². The Kier molecular flexibility index (Phi) is 4.62. The van der Waals surface area contributed by atoms with Crippen molar-refractivity contribution in [2.45, 2.75) is 5.16 Å². The number of nitrogens with zero attached hydrogens (tertiary/aromatic N) is 5. The second kappa shape index (κ2) is 7.21. The maximum Gasteiger partial charge on any atom is 0.193 e. The molecule has 2 aromatic heterocycles. The number of thioether (sulfide) groups is 1. The van der Waals surface area contributed by atoms with E-state index in [0.717, 1.165) is 22.1 Å². The van der Waals surface area contributed by atoms with Gasteiger partial charge in [-0.15, -0.1) is 10.2 Å². The van der Waals surface area contributed by atoms with Crippen molar-refractivity contribution in [3.05, 3.63) is 58.4 Å². The average Bonchev–Trinajstić information content (AvgIpc) is 3.41. The van der Waals surface area contributed by atoms with Gasteiger partial charge in [-0.3, -0.25) is 5.01 Å². The number of aromatic nitrogens is 3. The van der Waals surface area contributed by atoms with Gasteiger partial charge in [-0.2, -0.15) is 16.6 Å². The van der Waals surface area contributed by atoms with E-state index >= 15 is 0 Å². The second-order valence-electron chi connectivity index (χ2n) is 5.50. The lowest BCUT2D eigenvalue weighted by Gasteiger charge is -2.12. The van der Waals surface area contributed by atoms with Crippen molar-refractivity contribution in [2.24, 2.45) is 7.05 Å². The summed E-state index contributed by atoms with van der Waals surface area (Å²) in [5, 5.41) is 24.3. The fourth-order valence-corrected chi connectivity index (χ4v) is 3.85. The summed E-state index contributed by atoms with van der Waals surface area (Å²) >= 11 is 3.18. The summed E-state index contributed by atoms with van der Waals surface area (Å²) in [4.78, 5) is 5.51. The minimum absolute atomic E-state index is 0.594. The zero-order valence-corrected chi connectivity index (χ0v) is 15.4. The van der Waals surface area contributed by atoms with Gasteiger partial charge in [0.15, 0.2) is 16.7 Å². The molecule has 0 saturated carbocycles. The van der Waals surface area contributed by atoms with E-state index in [-0.39, 0.29) is 0 Å². The molecular formula is C17H14N6OS2. The molecule has 1 aromatic carbocycles.